The first-order valence-corrected chi connectivity index (χ1v) is 6.02. The van der Waals surface area contributed by atoms with Gasteiger partial charge in [0.2, 0.25) is 5.95 Å². The van der Waals surface area contributed by atoms with E-state index in [1.165, 1.54) is 31.1 Å². The molecule has 0 aliphatic rings. The summed E-state index contributed by atoms with van der Waals surface area (Å²) in [5.41, 5.74) is -1.63. The molecule has 0 spiro atoms. The van der Waals surface area contributed by atoms with E-state index in [1.807, 2.05) is 0 Å². The maximum absolute atomic E-state index is 13.1. The van der Waals surface area contributed by atoms with Crippen molar-refractivity contribution in [2.75, 3.05) is 19.0 Å². The van der Waals surface area contributed by atoms with Crippen molar-refractivity contribution in [1.82, 2.24) is 9.97 Å². The number of nitrogens with zero attached hydrogens (tertiary/aromatic N) is 3. The number of alkyl halides is 3. The predicted molar refractivity (Wildman–Crippen MR) is 71.2 cm³/mol. The lowest BCUT2D eigenvalue weighted by Gasteiger charge is -2.15. The summed E-state index contributed by atoms with van der Waals surface area (Å²) in [4.78, 5) is 20.8. The number of benzene rings is 1. The van der Waals surface area contributed by atoms with Crippen molar-refractivity contribution < 1.29 is 18.0 Å². The van der Waals surface area contributed by atoms with Crippen molar-refractivity contribution in [3.8, 4) is 0 Å². The Labute approximate surface area is 119 Å². The minimum Gasteiger partial charge on any atom is -0.347 e. The number of carbonyl (C=O) groups excluding carboxylic acids is 1. The SMILES string of the molecule is CN(C)c1ncc(C(=O)c2ccccc2)c(C(F)(F)F)n1. The molecule has 21 heavy (non-hydrogen) atoms. The average Bonchev–Trinajstić information content (AvgIpc) is 2.46. The van der Waals surface area contributed by atoms with Gasteiger partial charge in [-0.15, -0.1) is 0 Å². The van der Waals surface area contributed by atoms with Gasteiger partial charge in [-0.05, 0) is 0 Å². The molecule has 0 saturated carbocycles. The van der Waals surface area contributed by atoms with E-state index in [2.05, 4.69) is 9.97 Å². The van der Waals surface area contributed by atoms with Crippen LogP contribution < -0.4 is 4.90 Å². The highest BCUT2D eigenvalue weighted by Crippen LogP contribution is 2.32. The van der Waals surface area contributed by atoms with Gasteiger partial charge in [0.25, 0.3) is 0 Å². The second-order valence-electron chi connectivity index (χ2n) is 4.52. The van der Waals surface area contributed by atoms with Gasteiger partial charge in [0.05, 0.1) is 5.56 Å². The summed E-state index contributed by atoms with van der Waals surface area (Å²) in [6.45, 7) is 0. The molecule has 1 aromatic heterocycles. The van der Waals surface area contributed by atoms with Crippen molar-refractivity contribution in [3.05, 3.63) is 53.3 Å². The number of halogens is 3. The Hall–Kier alpha value is -2.44. The Bertz CT molecular complexity index is 654. The molecule has 0 fully saturated rings. The molecule has 0 radical (unpaired) electrons. The van der Waals surface area contributed by atoms with Crippen molar-refractivity contribution in [2.24, 2.45) is 0 Å². The molecule has 0 saturated heterocycles. The van der Waals surface area contributed by atoms with Crippen LogP contribution in [0.25, 0.3) is 0 Å². The van der Waals surface area contributed by atoms with Crippen LogP contribution in [0.15, 0.2) is 36.5 Å². The zero-order chi connectivity index (χ0) is 15.6. The highest BCUT2D eigenvalue weighted by atomic mass is 19.4. The Morgan fingerprint density at radius 1 is 1.14 bits per heavy atom. The zero-order valence-corrected chi connectivity index (χ0v) is 11.3. The molecule has 2 aromatic rings. The summed E-state index contributed by atoms with van der Waals surface area (Å²) in [5, 5.41) is 0. The van der Waals surface area contributed by atoms with Crippen LogP contribution in [-0.2, 0) is 6.18 Å². The van der Waals surface area contributed by atoms with Gasteiger partial charge in [-0.2, -0.15) is 13.2 Å². The number of ketones is 1. The van der Waals surface area contributed by atoms with Gasteiger partial charge in [0, 0.05) is 25.9 Å². The lowest BCUT2D eigenvalue weighted by molar-refractivity contribution is -0.141. The molecule has 4 nitrogen and oxygen atoms in total. The van der Waals surface area contributed by atoms with Gasteiger partial charge >= 0.3 is 6.18 Å². The van der Waals surface area contributed by atoms with E-state index in [0.29, 0.717) is 0 Å². The summed E-state index contributed by atoms with van der Waals surface area (Å²) < 4.78 is 39.3. The van der Waals surface area contributed by atoms with Crippen LogP contribution in [0.5, 0.6) is 0 Å². The number of hydrogen-bond acceptors (Lipinski definition) is 4. The molecule has 1 aromatic carbocycles. The predicted octanol–water partition coefficient (Wildman–Crippen LogP) is 2.79. The summed E-state index contributed by atoms with van der Waals surface area (Å²) >= 11 is 0. The molecule has 110 valence electrons. The summed E-state index contributed by atoms with van der Waals surface area (Å²) in [7, 11) is 3.04. The van der Waals surface area contributed by atoms with Gasteiger partial charge in [-0.1, -0.05) is 30.3 Å². The third-order valence-corrected chi connectivity index (χ3v) is 2.73. The lowest BCUT2D eigenvalue weighted by atomic mass is 10.0. The minimum atomic E-state index is -4.73. The van der Waals surface area contributed by atoms with Crippen LogP contribution >= 0.6 is 0 Å². The molecular formula is C14H12F3N3O. The van der Waals surface area contributed by atoms with Crippen molar-refractivity contribution in [2.45, 2.75) is 6.18 Å². The van der Waals surface area contributed by atoms with Gasteiger partial charge in [-0.25, -0.2) is 9.97 Å². The standard InChI is InChI=1S/C14H12F3N3O/c1-20(2)13-18-8-10(12(19-13)14(15,16)17)11(21)9-6-4-3-5-7-9/h3-8H,1-2H3. The maximum Gasteiger partial charge on any atom is 0.434 e. The number of hydrogen-bond donors (Lipinski definition) is 0. The highest BCUT2D eigenvalue weighted by Gasteiger charge is 2.38. The second kappa shape index (κ2) is 5.51. The quantitative estimate of drug-likeness (QED) is 0.817. The average molecular weight is 295 g/mol. The van der Waals surface area contributed by atoms with E-state index in [9.17, 15) is 18.0 Å². The van der Waals surface area contributed by atoms with Gasteiger partial charge in [0.15, 0.2) is 11.5 Å². The molecule has 0 aliphatic heterocycles. The Morgan fingerprint density at radius 3 is 2.29 bits per heavy atom. The molecule has 0 atom stereocenters. The number of rotatable bonds is 3. The first kappa shape index (κ1) is 15.0. The van der Waals surface area contributed by atoms with Gasteiger partial charge in [-0.3, -0.25) is 4.79 Å². The minimum absolute atomic E-state index is 0.105. The van der Waals surface area contributed by atoms with E-state index in [1.54, 1.807) is 18.2 Å². The fourth-order valence-corrected chi connectivity index (χ4v) is 1.72. The molecule has 0 unspecified atom stereocenters. The molecule has 0 amide bonds. The Kier molecular flexibility index (Phi) is 3.93. The van der Waals surface area contributed by atoms with Gasteiger partial charge in [0.1, 0.15) is 0 Å². The monoisotopic (exact) mass is 295 g/mol. The molecule has 0 N–H and O–H groups in total. The van der Waals surface area contributed by atoms with Crippen molar-refractivity contribution >= 4 is 11.7 Å². The molecule has 0 aliphatic carbocycles. The normalized spacial score (nSPS) is 11.3. The largest absolute Gasteiger partial charge is 0.434 e. The van der Waals surface area contributed by atoms with Crippen LogP contribution in [0.3, 0.4) is 0 Å². The molecule has 1 heterocycles. The summed E-state index contributed by atoms with van der Waals surface area (Å²) in [5.74, 6) is -0.861. The molecule has 7 heteroatoms. The topological polar surface area (TPSA) is 46.1 Å². The van der Waals surface area contributed by atoms with Crippen LogP contribution in [0.4, 0.5) is 19.1 Å². The first-order chi connectivity index (χ1) is 9.80. The van der Waals surface area contributed by atoms with Gasteiger partial charge < -0.3 is 4.90 Å². The van der Waals surface area contributed by atoms with Crippen LogP contribution in [-0.4, -0.2) is 29.8 Å². The van der Waals surface area contributed by atoms with E-state index >= 15 is 0 Å². The van der Waals surface area contributed by atoms with Crippen LogP contribution in [0.2, 0.25) is 0 Å². The third kappa shape index (κ3) is 3.18. The smallest absolute Gasteiger partial charge is 0.347 e. The Morgan fingerprint density at radius 2 is 1.76 bits per heavy atom. The summed E-state index contributed by atoms with van der Waals surface area (Å²) in [6.07, 6.45) is -3.81. The van der Waals surface area contributed by atoms with Crippen molar-refractivity contribution in [3.63, 3.8) is 0 Å². The van der Waals surface area contributed by atoms with E-state index in [-0.39, 0.29) is 11.5 Å². The first-order valence-electron chi connectivity index (χ1n) is 6.02. The Balaban J connectivity index is 2.56. The maximum atomic E-state index is 13.1. The molecule has 0 bridgehead atoms. The third-order valence-electron chi connectivity index (χ3n) is 2.73. The molecule has 2 rings (SSSR count). The highest BCUT2D eigenvalue weighted by molar-refractivity contribution is 6.09. The van der Waals surface area contributed by atoms with Crippen LogP contribution in [0.1, 0.15) is 21.6 Å². The van der Waals surface area contributed by atoms with Crippen LogP contribution in [0, 0.1) is 0 Å². The number of carbonyl (C=O) groups is 1. The fraction of sp³-hybridized carbons (Fsp3) is 0.214. The van der Waals surface area contributed by atoms with E-state index in [4.69, 9.17) is 0 Å². The van der Waals surface area contributed by atoms with E-state index < -0.39 is 23.2 Å². The number of aromatic nitrogens is 2. The lowest BCUT2D eigenvalue weighted by Crippen LogP contribution is -2.21. The van der Waals surface area contributed by atoms with E-state index in [0.717, 1.165) is 6.20 Å². The molecular weight excluding hydrogens is 283 g/mol. The number of anilines is 1. The van der Waals surface area contributed by atoms with Crippen molar-refractivity contribution in [1.29, 1.82) is 0 Å². The summed E-state index contributed by atoms with van der Waals surface area (Å²) in [6, 6.07) is 7.73. The second-order valence-corrected chi connectivity index (χ2v) is 4.52. The zero-order valence-electron chi connectivity index (χ0n) is 11.3. The fourth-order valence-electron chi connectivity index (χ4n) is 1.72.